The van der Waals surface area contributed by atoms with Gasteiger partial charge in [-0.2, -0.15) is 5.10 Å². The Morgan fingerprint density at radius 2 is 2.11 bits per heavy atom. The summed E-state index contributed by atoms with van der Waals surface area (Å²) in [4.78, 5) is 20.3. The van der Waals surface area contributed by atoms with E-state index in [-0.39, 0.29) is 17.4 Å². The summed E-state index contributed by atoms with van der Waals surface area (Å²) >= 11 is 0. The van der Waals surface area contributed by atoms with Gasteiger partial charge in [-0.1, -0.05) is 6.92 Å². The zero-order valence-electron chi connectivity index (χ0n) is 10.5. The highest BCUT2D eigenvalue weighted by atomic mass is 16.5. The van der Waals surface area contributed by atoms with E-state index in [1.807, 2.05) is 6.92 Å². The van der Waals surface area contributed by atoms with Crippen LogP contribution in [0.15, 0.2) is 18.5 Å². The van der Waals surface area contributed by atoms with Crippen LogP contribution in [0.5, 0.6) is 5.88 Å². The molecule has 0 aliphatic carbocycles. The molecule has 0 atom stereocenters. The predicted molar refractivity (Wildman–Crippen MR) is 64.6 cm³/mol. The van der Waals surface area contributed by atoms with Gasteiger partial charge in [0.25, 0.3) is 0 Å². The first-order chi connectivity index (χ1) is 8.67. The minimum Gasteiger partial charge on any atom is -0.479 e. The van der Waals surface area contributed by atoms with Crippen LogP contribution in [0.25, 0.3) is 0 Å². The van der Waals surface area contributed by atoms with Crippen LogP contribution in [-0.2, 0) is 13.5 Å². The summed E-state index contributed by atoms with van der Waals surface area (Å²) < 4.78 is 6.59. The summed E-state index contributed by atoms with van der Waals surface area (Å²) in [5.41, 5.74) is 1.54. The van der Waals surface area contributed by atoms with Crippen LogP contribution in [0.2, 0.25) is 0 Å². The zero-order chi connectivity index (χ0) is 13.1. The average Bonchev–Trinajstić information content (AvgIpc) is 2.79. The molecule has 0 saturated carbocycles. The standard InChI is InChI=1S/C12H14N4O2/c1-4-8-7-9(16(2)15-8)11(17)10-12(18-3)14-6-5-13-10/h5-7H,4H2,1-3H3. The van der Waals surface area contributed by atoms with Crippen LogP contribution in [-0.4, -0.2) is 32.6 Å². The minimum absolute atomic E-state index is 0.200. The van der Waals surface area contributed by atoms with E-state index in [9.17, 15) is 4.79 Å². The largest absolute Gasteiger partial charge is 0.479 e. The van der Waals surface area contributed by atoms with Gasteiger partial charge in [-0.3, -0.25) is 9.48 Å². The van der Waals surface area contributed by atoms with Crippen molar-refractivity contribution >= 4 is 5.78 Å². The third kappa shape index (κ3) is 2.09. The van der Waals surface area contributed by atoms with Crippen molar-refractivity contribution in [2.75, 3.05) is 7.11 Å². The number of ketones is 1. The van der Waals surface area contributed by atoms with Gasteiger partial charge in [-0.05, 0) is 12.5 Å². The molecule has 0 aromatic carbocycles. The Labute approximate surface area is 105 Å². The molecular formula is C12H14N4O2. The molecule has 0 N–H and O–H groups in total. The Bertz CT molecular complexity index is 577. The maximum absolute atomic E-state index is 12.3. The second kappa shape index (κ2) is 4.95. The lowest BCUT2D eigenvalue weighted by atomic mass is 10.2. The molecule has 94 valence electrons. The van der Waals surface area contributed by atoms with Gasteiger partial charge in [-0.15, -0.1) is 0 Å². The van der Waals surface area contributed by atoms with Crippen LogP contribution in [0.4, 0.5) is 0 Å². The van der Waals surface area contributed by atoms with Gasteiger partial charge in [0.15, 0.2) is 5.69 Å². The van der Waals surface area contributed by atoms with Crippen molar-refractivity contribution in [1.82, 2.24) is 19.7 Å². The fourth-order valence-electron chi connectivity index (χ4n) is 1.66. The minimum atomic E-state index is -0.241. The van der Waals surface area contributed by atoms with Crippen molar-refractivity contribution in [3.8, 4) is 5.88 Å². The number of hydrogen-bond donors (Lipinski definition) is 0. The molecular weight excluding hydrogens is 232 g/mol. The van der Waals surface area contributed by atoms with Crippen LogP contribution in [0.1, 0.15) is 28.8 Å². The maximum Gasteiger partial charge on any atom is 0.243 e. The molecule has 0 radical (unpaired) electrons. The van der Waals surface area contributed by atoms with Crippen molar-refractivity contribution in [2.24, 2.45) is 7.05 Å². The number of ether oxygens (including phenoxy) is 1. The second-order valence-corrected chi connectivity index (χ2v) is 3.74. The number of aromatic nitrogens is 4. The Balaban J connectivity index is 2.44. The number of carbonyl (C=O) groups excluding carboxylic acids is 1. The molecule has 0 aliphatic rings. The van der Waals surface area contributed by atoms with Crippen molar-refractivity contribution < 1.29 is 9.53 Å². The Morgan fingerprint density at radius 1 is 1.39 bits per heavy atom. The molecule has 0 fully saturated rings. The maximum atomic E-state index is 12.3. The highest BCUT2D eigenvalue weighted by Crippen LogP contribution is 2.16. The summed E-state index contributed by atoms with van der Waals surface area (Å²) in [6.07, 6.45) is 3.72. The molecule has 0 spiro atoms. The number of carbonyl (C=O) groups is 1. The van der Waals surface area contributed by atoms with E-state index in [1.54, 1.807) is 17.8 Å². The first kappa shape index (κ1) is 12.2. The Morgan fingerprint density at radius 3 is 2.72 bits per heavy atom. The number of rotatable bonds is 4. The summed E-state index contributed by atoms with van der Waals surface area (Å²) in [6.45, 7) is 1.99. The van der Waals surface area contributed by atoms with Crippen molar-refractivity contribution in [2.45, 2.75) is 13.3 Å². The molecule has 6 heteroatoms. The fourth-order valence-corrected chi connectivity index (χ4v) is 1.66. The number of hydrogen-bond acceptors (Lipinski definition) is 5. The van der Waals surface area contributed by atoms with Crippen molar-refractivity contribution in [3.05, 3.63) is 35.5 Å². The van der Waals surface area contributed by atoms with Crippen LogP contribution < -0.4 is 4.74 Å². The lowest BCUT2D eigenvalue weighted by Gasteiger charge is -2.04. The van der Waals surface area contributed by atoms with E-state index in [0.29, 0.717) is 5.69 Å². The molecule has 0 aliphatic heterocycles. The van der Waals surface area contributed by atoms with Crippen LogP contribution >= 0.6 is 0 Å². The quantitative estimate of drug-likeness (QED) is 0.753. The van der Waals surface area contributed by atoms with Gasteiger partial charge in [0.1, 0.15) is 5.69 Å². The normalized spacial score (nSPS) is 10.4. The van der Waals surface area contributed by atoms with Crippen molar-refractivity contribution in [1.29, 1.82) is 0 Å². The molecule has 2 heterocycles. The first-order valence-electron chi connectivity index (χ1n) is 5.60. The zero-order valence-corrected chi connectivity index (χ0v) is 10.5. The van der Waals surface area contributed by atoms with Gasteiger partial charge >= 0.3 is 0 Å². The van der Waals surface area contributed by atoms with E-state index in [2.05, 4.69) is 15.1 Å². The fraction of sp³-hybridized carbons (Fsp3) is 0.333. The average molecular weight is 246 g/mol. The summed E-state index contributed by atoms with van der Waals surface area (Å²) in [5.74, 6) is -0.0172. The van der Waals surface area contributed by atoms with Gasteiger partial charge in [0.2, 0.25) is 11.7 Å². The predicted octanol–water partition coefficient (Wildman–Crippen LogP) is 1.01. The highest BCUT2D eigenvalue weighted by molar-refractivity contribution is 6.08. The summed E-state index contributed by atoms with van der Waals surface area (Å²) in [6, 6.07) is 1.76. The number of nitrogens with zero attached hydrogens (tertiary/aromatic N) is 4. The van der Waals surface area contributed by atoms with Crippen LogP contribution in [0.3, 0.4) is 0 Å². The topological polar surface area (TPSA) is 69.9 Å². The first-order valence-corrected chi connectivity index (χ1v) is 5.60. The number of methoxy groups -OCH3 is 1. The van der Waals surface area contributed by atoms with Gasteiger partial charge < -0.3 is 4.74 Å². The van der Waals surface area contributed by atoms with Gasteiger partial charge in [0, 0.05) is 19.4 Å². The smallest absolute Gasteiger partial charge is 0.243 e. The van der Waals surface area contributed by atoms with E-state index in [0.717, 1.165) is 12.1 Å². The molecule has 2 rings (SSSR count). The van der Waals surface area contributed by atoms with Gasteiger partial charge in [-0.25, -0.2) is 9.97 Å². The molecule has 0 unspecified atom stereocenters. The molecule has 6 nitrogen and oxygen atoms in total. The second-order valence-electron chi connectivity index (χ2n) is 3.74. The monoisotopic (exact) mass is 246 g/mol. The summed E-state index contributed by atoms with van der Waals surface area (Å²) in [5, 5.41) is 4.24. The van der Waals surface area contributed by atoms with E-state index < -0.39 is 0 Å². The molecule has 2 aromatic heterocycles. The Hall–Kier alpha value is -2.24. The molecule has 2 aromatic rings. The SMILES string of the molecule is CCc1cc(C(=O)c2nccnc2OC)n(C)n1. The third-order valence-corrected chi connectivity index (χ3v) is 2.60. The molecule has 0 bridgehead atoms. The lowest BCUT2D eigenvalue weighted by molar-refractivity contribution is 0.102. The molecule has 0 saturated heterocycles. The van der Waals surface area contributed by atoms with Gasteiger partial charge in [0.05, 0.1) is 12.8 Å². The molecule has 0 amide bonds. The number of aryl methyl sites for hydroxylation is 2. The highest BCUT2D eigenvalue weighted by Gasteiger charge is 2.20. The Kier molecular flexibility index (Phi) is 3.36. The molecule has 18 heavy (non-hydrogen) atoms. The summed E-state index contributed by atoms with van der Waals surface area (Å²) in [7, 11) is 3.19. The lowest BCUT2D eigenvalue weighted by Crippen LogP contribution is -2.12. The van der Waals surface area contributed by atoms with E-state index >= 15 is 0 Å². The van der Waals surface area contributed by atoms with Crippen molar-refractivity contribution in [3.63, 3.8) is 0 Å². The van der Waals surface area contributed by atoms with E-state index in [4.69, 9.17) is 4.74 Å². The third-order valence-electron chi connectivity index (χ3n) is 2.60. The van der Waals surface area contributed by atoms with Crippen LogP contribution in [0, 0.1) is 0 Å². The van der Waals surface area contributed by atoms with E-state index in [1.165, 1.54) is 19.5 Å².